The summed E-state index contributed by atoms with van der Waals surface area (Å²) in [6.45, 7) is -0.987. The van der Waals surface area contributed by atoms with Crippen LogP contribution in [0, 0.1) is 0 Å². The molecule has 0 spiro atoms. The second-order valence-corrected chi connectivity index (χ2v) is 3.37. The van der Waals surface area contributed by atoms with Gasteiger partial charge in [-0.3, -0.25) is 4.74 Å². The molecule has 0 aromatic carbocycles. The van der Waals surface area contributed by atoms with Gasteiger partial charge in [-0.1, -0.05) is 6.61 Å². The Balaban J connectivity index is 2.37. The Bertz CT molecular complexity index is 478. The summed E-state index contributed by atoms with van der Waals surface area (Å²) in [7, 11) is 0. The molecule has 3 N–H and O–H groups in total. The Kier molecular flexibility index (Phi) is 2.81. The molecule has 9 heteroatoms. The third-order valence-corrected chi connectivity index (χ3v) is 2.15. The zero-order valence-electron chi connectivity index (χ0n) is 8.43. The van der Waals surface area contributed by atoms with Crippen molar-refractivity contribution in [1.29, 1.82) is 0 Å². The molecule has 1 aromatic heterocycles. The number of halogens is 2. The number of nitrogen functional groups attached to an aromatic ring is 1. The first kappa shape index (κ1) is 11.9. The molecule has 0 amide bonds. The molecular weight excluding hydrogens is 240 g/mol. The molecule has 0 bridgehead atoms. The van der Waals surface area contributed by atoms with Crippen molar-refractivity contribution in [3.8, 4) is 0 Å². The van der Waals surface area contributed by atoms with Crippen LogP contribution in [0.5, 0.6) is 0 Å². The quantitative estimate of drug-likeness (QED) is 0.594. The van der Waals surface area contributed by atoms with Crippen molar-refractivity contribution in [2.24, 2.45) is 0 Å². The largest absolute Gasteiger partial charge is 0.851 e. The Labute approximate surface area is 93.4 Å². The van der Waals surface area contributed by atoms with Crippen LogP contribution < -0.4 is 21.1 Å². The molecule has 2 heterocycles. The van der Waals surface area contributed by atoms with Crippen LogP contribution in [0.2, 0.25) is 0 Å². The number of anilines is 1. The van der Waals surface area contributed by atoms with Gasteiger partial charge in [-0.05, 0) is 0 Å². The molecule has 1 aromatic rings. The number of alkyl halides is 2. The number of aromatic nitrogens is 2. The third kappa shape index (κ3) is 2.12. The topological polar surface area (TPSA) is 104 Å². The number of nitrogens with one attached hydrogen (secondary N) is 1. The van der Waals surface area contributed by atoms with Crippen molar-refractivity contribution in [1.82, 2.24) is 4.98 Å². The fraction of sp³-hybridized carbons (Fsp3) is 0.500. The highest BCUT2D eigenvalue weighted by molar-refractivity contribution is 5.21. The van der Waals surface area contributed by atoms with E-state index in [-0.39, 0.29) is 5.82 Å². The molecule has 7 nitrogen and oxygen atoms in total. The first-order valence-corrected chi connectivity index (χ1v) is 4.63. The fourth-order valence-electron chi connectivity index (χ4n) is 1.43. The van der Waals surface area contributed by atoms with Crippen molar-refractivity contribution in [2.75, 3.05) is 12.3 Å². The summed E-state index contributed by atoms with van der Waals surface area (Å²) in [4.78, 5) is 13.5. The Hall–Kier alpha value is -1.58. The SMILES string of the molecule is Nc1cc[n+](C2OC(C[O-])OC2(F)F)c(=O)[nH]1. The Morgan fingerprint density at radius 3 is 2.88 bits per heavy atom. The maximum absolute atomic E-state index is 13.3. The molecule has 0 aliphatic carbocycles. The van der Waals surface area contributed by atoms with Crippen LogP contribution in [-0.2, 0) is 9.47 Å². The van der Waals surface area contributed by atoms with Gasteiger partial charge >= 0.3 is 18.0 Å². The van der Waals surface area contributed by atoms with E-state index in [4.69, 9.17) is 5.73 Å². The van der Waals surface area contributed by atoms with Crippen molar-refractivity contribution in [3.05, 3.63) is 22.7 Å². The van der Waals surface area contributed by atoms with Crippen molar-refractivity contribution < 1.29 is 27.9 Å². The van der Waals surface area contributed by atoms with Gasteiger partial charge in [-0.25, -0.2) is 0 Å². The van der Waals surface area contributed by atoms with Crippen LogP contribution in [0.3, 0.4) is 0 Å². The van der Waals surface area contributed by atoms with E-state index in [1.165, 1.54) is 6.07 Å². The number of rotatable bonds is 2. The lowest BCUT2D eigenvalue weighted by Gasteiger charge is -2.12. The van der Waals surface area contributed by atoms with E-state index < -0.39 is 30.9 Å². The number of H-pyrrole nitrogens is 1. The van der Waals surface area contributed by atoms with Crippen LogP contribution in [0.15, 0.2) is 17.1 Å². The summed E-state index contributed by atoms with van der Waals surface area (Å²) in [5.74, 6) is 0.0221. The molecule has 1 aliphatic heterocycles. The molecule has 0 radical (unpaired) electrons. The summed E-state index contributed by atoms with van der Waals surface area (Å²) >= 11 is 0. The van der Waals surface area contributed by atoms with Gasteiger partial charge in [0.15, 0.2) is 12.1 Å². The Morgan fingerprint density at radius 2 is 2.35 bits per heavy atom. The van der Waals surface area contributed by atoms with Gasteiger partial charge in [-0.2, -0.15) is 23.1 Å². The molecule has 17 heavy (non-hydrogen) atoms. The average molecular weight is 249 g/mol. The number of hydrogen-bond donors (Lipinski definition) is 2. The van der Waals surface area contributed by atoms with Gasteiger partial charge in [0.2, 0.25) is 0 Å². The van der Waals surface area contributed by atoms with Crippen molar-refractivity contribution >= 4 is 5.82 Å². The van der Waals surface area contributed by atoms with Crippen LogP contribution in [0.4, 0.5) is 14.6 Å². The number of nitrogens with zero attached hydrogens (tertiary/aromatic N) is 1. The monoisotopic (exact) mass is 249 g/mol. The lowest BCUT2D eigenvalue weighted by molar-refractivity contribution is -0.791. The molecule has 2 atom stereocenters. The molecule has 94 valence electrons. The van der Waals surface area contributed by atoms with Crippen LogP contribution in [-0.4, -0.2) is 24.0 Å². The zero-order chi connectivity index (χ0) is 12.6. The van der Waals surface area contributed by atoms with Gasteiger partial charge in [0.05, 0.1) is 0 Å². The highest BCUT2D eigenvalue weighted by atomic mass is 19.3. The summed E-state index contributed by atoms with van der Waals surface area (Å²) < 4.78 is 35.9. The summed E-state index contributed by atoms with van der Waals surface area (Å²) in [6, 6.07) is 1.21. The molecule has 1 aliphatic rings. The molecule has 1 fully saturated rings. The van der Waals surface area contributed by atoms with E-state index in [1.54, 1.807) is 0 Å². The van der Waals surface area contributed by atoms with Gasteiger partial charge in [0, 0.05) is 6.07 Å². The Morgan fingerprint density at radius 1 is 1.65 bits per heavy atom. The minimum Gasteiger partial charge on any atom is -0.851 e. The van der Waals surface area contributed by atoms with E-state index >= 15 is 0 Å². The van der Waals surface area contributed by atoms with Crippen LogP contribution >= 0.6 is 0 Å². The second-order valence-electron chi connectivity index (χ2n) is 3.37. The standard InChI is InChI=1S/C8H8F2N3O4/c9-8(10)6(16-5(3-14)17-8)13-2-1-4(11)12-7(13)15/h1-2,5-6H,3H2,(H2,11,12,15)/q-1/p+1. The van der Waals surface area contributed by atoms with Crippen molar-refractivity contribution in [2.45, 2.75) is 18.6 Å². The minimum atomic E-state index is -3.75. The van der Waals surface area contributed by atoms with Crippen LogP contribution in [0.1, 0.15) is 6.23 Å². The normalized spacial score (nSPS) is 27.2. The van der Waals surface area contributed by atoms with E-state index in [2.05, 4.69) is 14.5 Å². The lowest BCUT2D eigenvalue weighted by Crippen LogP contribution is -2.59. The maximum Gasteiger partial charge on any atom is 0.499 e. The third-order valence-electron chi connectivity index (χ3n) is 2.15. The highest BCUT2D eigenvalue weighted by Gasteiger charge is 2.55. The molecule has 1 saturated heterocycles. The number of hydrogen-bond acceptors (Lipinski definition) is 5. The van der Waals surface area contributed by atoms with Crippen LogP contribution in [0.25, 0.3) is 0 Å². The molecular formula is C8H9F2N3O4. The predicted molar refractivity (Wildman–Crippen MR) is 46.5 cm³/mol. The summed E-state index contributed by atoms with van der Waals surface area (Å²) in [5, 5.41) is 10.4. The van der Waals surface area contributed by atoms with Gasteiger partial charge in [0.1, 0.15) is 6.20 Å². The van der Waals surface area contributed by atoms with E-state index in [0.29, 0.717) is 4.57 Å². The molecule has 2 rings (SSSR count). The first-order chi connectivity index (χ1) is 7.94. The minimum absolute atomic E-state index is 0.0221. The van der Waals surface area contributed by atoms with Gasteiger partial charge in [0.25, 0.3) is 0 Å². The first-order valence-electron chi connectivity index (χ1n) is 4.63. The van der Waals surface area contributed by atoms with E-state index in [0.717, 1.165) is 6.20 Å². The molecule has 2 unspecified atom stereocenters. The van der Waals surface area contributed by atoms with Gasteiger partial charge < -0.3 is 15.6 Å². The number of nitrogens with two attached hydrogens (primary N) is 1. The average Bonchev–Trinajstić information content (AvgIpc) is 2.54. The summed E-state index contributed by atoms with van der Waals surface area (Å²) in [5.41, 5.74) is 4.38. The van der Waals surface area contributed by atoms with E-state index in [9.17, 15) is 18.7 Å². The lowest BCUT2D eigenvalue weighted by atomic mass is 10.5. The predicted octanol–water partition coefficient (Wildman–Crippen LogP) is -1.93. The highest BCUT2D eigenvalue weighted by Crippen LogP contribution is 2.35. The second kappa shape index (κ2) is 4.02. The molecule has 0 saturated carbocycles. The van der Waals surface area contributed by atoms with Gasteiger partial charge in [-0.15, -0.1) is 0 Å². The number of aromatic amines is 1. The fourth-order valence-corrected chi connectivity index (χ4v) is 1.43. The van der Waals surface area contributed by atoms with E-state index in [1.807, 2.05) is 0 Å². The zero-order valence-corrected chi connectivity index (χ0v) is 8.43. The number of ether oxygens (including phenoxy) is 2. The van der Waals surface area contributed by atoms with Crippen molar-refractivity contribution in [3.63, 3.8) is 0 Å². The smallest absolute Gasteiger partial charge is 0.499 e. The summed E-state index contributed by atoms with van der Waals surface area (Å²) in [6.07, 6.45) is -6.28. The maximum atomic E-state index is 13.3.